The zero-order chi connectivity index (χ0) is 2.71. The molecule has 4 heavy (non-hydrogen) atoms. The third-order valence-electron chi connectivity index (χ3n) is 0. The Hall–Kier alpha value is 0.00948. The van der Waals surface area contributed by atoms with Crippen molar-refractivity contribution in [3.63, 3.8) is 0 Å². The van der Waals surface area contributed by atoms with Crippen molar-refractivity contribution in [3.05, 3.63) is 0 Å². The van der Waals surface area contributed by atoms with Crippen molar-refractivity contribution < 1.29 is 17.1 Å². The van der Waals surface area contributed by atoms with Crippen LogP contribution in [0.1, 0.15) is 6.92 Å². The van der Waals surface area contributed by atoms with E-state index in [-0.39, 0.29) is 17.1 Å². The van der Waals surface area contributed by atoms with E-state index in [0.29, 0.717) is 0 Å². The average molecular weight is 96.9 g/mol. The Kier molecular flexibility index (Phi) is 26.8. The predicted octanol–water partition coefficient (Wildman–Crippen LogP) is 0.527. The Morgan fingerprint density at radius 2 is 1.75 bits per heavy atom. The van der Waals surface area contributed by atoms with E-state index in [2.05, 4.69) is 0 Å². The van der Waals surface area contributed by atoms with Gasteiger partial charge in [0.25, 0.3) is 0 Å². The fourth-order valence-electron chi connectivity index (χ4n) is 0. The molecule has 0 atom stereocenters. The largest absolute Gasteiger partial charge is 0.199 e. The van der Waals surface area contributed by atoms with Gasteiger partial charge in [-0.2, -0.15) is 5.26 Å². The molecule has 0 aromatic rings. The summed E-state index contributed by atoms with van der Waals surface area (Å²) in [5, 5.41) is 7.32. The van der Waals surface area contributed by atoms with Gasteiger partial charge in [0.15, 0.2) is 0 Å². The van der Waals surface area contributed by atoms with Crippen LogP contribution < -0.4 is 0 Å². The Morgan fingerprint density at radius 3 is 1.75 bits per heavy atom. The molecular weight excluding hydrogens is 93.9 g/mol. The minimum atomic E-state index is 0. The molecule has 0 radical (unpaired) electrons. The molecular formula is C2H3FeN. The molecule has 0 heterocycles. The molecule has 0 saturated heterocycles. The number of hydrogen-bond acceptors (Lipinski definition) is 1. The third-order valence-corrected chi connectivity index (χ3v) is 0. The molecule has 24 valence electrons. The smallest absolute Gasteiger partial charge is 0.0587 e. The summed E-state index contributed by atoms with van der Waals surface area (Å²) >= 11 is 0. The maximum Gasteiger partial charge on any atom is 0.0587 e. The van der Waals surface area contributed by atoms with Crippen molar-refractivity contribution in [1.29, 1.82) is 5.26 Å². The van der Waals surface area contributed by atoms with Crippen LogP contribution in [0, 0.1) is 11.3 Å². The molecule has 0 rings (SSSR count). The minimum Gasteiger partial charge on any atom is -0.199 e. The van der Waals surface area contributed by atoms with E-state index >= 15 is 0 Å². The summed E-state index contributed by atoms with van der Waals surface area (Å²) in [4.78, 5) is 0. The van der Waals surface area contributed by atoms with Crippen LogP contribution in [0.3, 0.4) is 0 Å². The zero-order valence-electron chi connectivity index (χ0n) is 2.30. The van der Waals surface area contributed by atoms with Crippen LogP contribution in [-0.4, -0.2) is 0 Å². The summed E-state index contributed by atoms with van der Waals surface area (Å²) < 4.78 is 0. The van der Waals surface area contributed by atoms with Gasteiger partial charge in [-0.15, -0.1) is 0 Å². The fraction of sp³-hybridized carbons (Fsp3) is 0.500. The molecule has 0 bridgehead atoms. The number of rotatable bonds is 0. The van der Waals surface area contributed by atoms with Crippen molar-refractivity contribution >= 4 is 0 Å². The number of nitrogens with zero attached hydrogens (tertiary/aromatic N) is 1. The van der Waals surface area contributed by atoms with Crippen LogP contribution in [0.25, 0.3) is 0 Å². The van der Waals surface area contributed by atoms with Crippen LogP contribution >= 0.6 is 0 Å². The van der Waals surface area contributed by atoms with Crippen molar-refractivity contribution in [3.8, 4) is 6.07 Å². The van der Waals surface area contributed by atoms with E-state index in [4.69, 9.17) is 5.26 Å². The van der Waals surface area contributed by atoms with Crippen molar-refractivity contribution in [2.24, 2.45) is 0 Å². The molecule has 2 heteroatoms. The van der Waals surface area contributed by atoms with Gasteiger partial charge in [-0.1, -0.05) is 0 Å². The molecule has 0 aromatic heterocycles. The molecule has 1 nitrogen and oxygen atoms in total. The minimum absolute atomic E-state index is 0. The molecule has 0 fully saturated rings. The van der Waals surface area contributed by atoms with Gasteiger partial charge in [-0.05, 0) is 0 Å². The predicted molar refractivity (Wildman–Crippen MR) is 11.3 cm³/mol. The van der Waals surface area contributed by atoms with Crippen molar-refractivity contribution in [1.82, 2.24) is 0 Å². The standard InChI is InChI=1S/C2H3N.Fe/c1-2-3;/h1H3;. The first-order valence-corrected chi connectivity index (χ1v) is 0.724. The van der Waals surface area contributed by atoms with Crippen LogP contribution in [0.5, 0.6) is 0 Å². The Labute approximate surface area is 36.1 Å². The fourth-order valence-corrected chi connectivity index (χ4v) is 0. The maximum absolute atomic E-state index is 7.32. The van der Waals surface area contributed by atoms with E-state index in [9.17, 15) is 0 Å². The summed E-state index contributed by atoms with van der Waals surface area (Å²) in [7, 11) is 0. The Bertz CT molecular complexity index is 27.5. The summed E-state index contributed by atoms with van der Waals surface area (Å²) in [6.45, 7) is 1.43. The third kappa shape index (κ3) is 22800. The first kappa shape index (κ1) is 8.99. The van der Waals surface area contributed by atoms with Gasteiger partial charge in [-0.3, -0.25) is 0 Å². The monoisotopic (exact) mass is 97.0 g/mol. The van der Waals surface area contributed by atoms with Gasteiger partial charge in [0.05, 0.1) is 6.07 Å². The summed E-state index contributed by atoms with van der Waals surface area (Å²) in [5.74, 6) is 0. The molecule has 0 N–H and O–H groups in total. The summed E-state index contributed by atoms with van der Waals surface area (Å²) in [6, 6.07) is 1.75. The van der Waals surface area contributed by atoms with Crippen LogP contribution in [-0.2, 0) is 17.1 Å². The molecule has 0 saturated carbocycles. The molecule has 0 aromatic carbocycles. The van der Waals surface area contributed by atoms with Crippen molar-refractivity contribution in [2.75, 3.05) is 0 Å². The van der Waals surface area contributed by atoms with Crippen LogP contribution in [0.15, 0.2) is 0 Å². The first-order chi connectivity index (χ1) is 1.41. The van der Waals surface area contributed by atoms with Gasteiger partial charge in [0.1, 0.15) is 0 Å². The Morgan fingerprint density at radius 1 is 1.75 bits per heavy atom. The van der Waals surface area contributed by atoms with Gasteiger partial charge >= 0.3 is 0 Å². The van der Waals surface area contributed by atoms with E-state index in [1.165, 1.54) is 6.92 Å². The second-order valence-electron chi connectivity index (χ2n) is 0.224. The molecule has 0 aliphatic rings. The van der Waals surface area contributed by atoms with Gasteiger partial charge in [-0.25, -0.2) is 0 Å². The summed E-state index contributed by atoms with van der Waals surface area (Å²) in [5.41, 5.74) is 0. The van der Waals surface area contributed by atoms with E-state index < -0.39 is 0 Å². The number of nitriles is 1. The maximum atomic E-state index is 7.32. The summed E-state index contributed by atoms with van der Waals surface area (Å²) in [6.07, 6.45) is 0. The zero-order valence-corrected chi connectivity index (χ0v) is 3.40. The van der Waals surface area contributed by atoms with Crippen LogP contribution in [0.4, 0.5) is 0 Å². The molecule has 0 aliphatic heterocycles. The topological polar surface area (TPSA) is 23.8 Å². The SMILES string of the molecule is CC#N.[Fe]. The van der Waals surface area contributed by atoms with Crippen LogP contribution in [0.2, 0.25) is 0 Å². The first-order valence-electron chi connectivity index (χ1n) is 0.724. The quantitative estimate of drug-likeness (QED) is 0.404. The number of hydrogen-bond donors (Lipinski definition) is 0. The average Bonchev–Trinajstić information content (AvgIpc) is 0.918. The Balaban J connectivity index is 0. The second kappa shape index (κ2) is 11.9. The van der Waals surface area contributed by atoms with Gasteiger partial charge in [0.2, 0.25) is 0 Å². The van der Waals surface area contributed by atoms with E-state index in [1.807, 2.05) is 0 Å². The molecule has 0 unspecified atom stereocenters. The molecule has 0 spiro atoms. The van der Waals surface area contributed by atoms with Crippen molar-refractivity contribution in [2.45, 2.75) is 6.92 Å². The molecule has 0 amide bonds. The molecule has 0 aliphatic carbocycles. The normalized spacial score (nSPS) is 2.00. The van der Waals surface area contributed by atoms with Gasteiger partial charge in [0, 0.05) is 24.0 Å². The van der Waals surface area contributed by atoms with E-state index in [0.717, 1.165) is 0 Å². The van der Waals surface area contributed by atoms with Gasteiger partial charge < -0.3 is 0 Å². The van der Waals surface area contributed by atoms with E-state index in [1.54, 1.807) is 6.07 Å². The second-order valence-corrected chi connectivity index (χ2v) is 0.224.